The zero-order valence-corrected chi connectivity index (χ0v) is 10.7. The third-order valence-electron chi connectivity index (χ3n) is 2.70. The largest absolute Gasteiger partial charge is 0.507 e. The normalized spacial score (nSPS) is 13.7. The summed E-state index contributed by atoms with van der Waals surface area (Å²) < 4.78 is 0. The number of carboxylic acid groups (broad SMARTS) is 1. The average Bonchev–Trinajstić information content (AvgIpc) is 2.30. The van der Waals surface area contributed by atoms with E-state index in [0.29, 0.717) is 5.02 Å². The molecule has 0 aliphatic rings. The second-order valence-corrected chi connectivity index (χ2v) is 4.49. The van der Waals surface area contributed by atoms with Crippen LogP contribution in [0.25, 0.3) is 0 Å². The molecule has 3 N–H and O–H groups in total. The minimum atomic E-state index is -1.00. The maximum absolute atomic E-state index is 11.8. The molecule has 0 bridgehead atoms. The Balaban J connectivity index is 2.82. The Hall–Kier alpha value is -1.75. The van der Waals surface area contributed by atoms with Gasteiger partial charge in [-0.25, -0.2) is 0 Å². The molecule has 1 amide bonds. The van der Waals surface area contributed by atoms with Crippen molar-refractivity contribution in [2.75, 3.05) is 0 Å². The molecular weight excluding hydrogens is 258 g/mol. The van der Waals surface area contributed by atoms with Crippen molar-refractivity contribution in [1.82, 2.24) is 5.32 Å². The van der Waals surface area contributed by atoms with Gasteiger partial charge in [-0.2, -0.15) is 0 Å². The van der Waals surface area contributed by atoms with Crippen LogP contribution in [-0.2, 0) is 4.79 Å². The number of benzene rings is 1. The van der Waals surface area contributed by atoms with Crippen LogP contribution in [0.4, 0.5) is 0 Å². The molecule has 1 aromatic carbocycles. The number of halogens is 1. The van der Waals surface area contributed by atoms with E-state index in [4.69, 9.17) is 16.7 Å². The van der Waals surface area contributed by atoms with Gasteiger partial charge in [-0.15, -0.1) is 0 Å². The first-order chi connectivity index (χ1) is 8.32. The van der Waals surface area contributed by atoms with Crippen LogP contribution in [0.3, 0.4) is 0 Å². The van der Waals surface area contributed by atoms with Gasteiger partial charge in [0.15, 0.2) is 0 Å². The zero-order valence-electron chi connectivity index (χ0n) is 9.98. The first-order valence-electron chi connectivity index (χ1n) is 5.35. The highest BCUT2D eigenvalue weighted by Gasteiger charge is 2.22. The maximum Gasteiger partial charge on any atom is 0.308 e. The van der Waals surface area contributed by atoms with Crippen molar-refractivity contribution in [3.05, 3.63) is 28.8 Å². The number of carboxylic acids is 1. The number of carbonyl (C=O) groups excluding carboxylic acids is 1. The van der Waals surface area contributed by atoms with E-state index in [2.05, 4.69) is 5.32 Å². The molecule has 5 nitrogen and oxygen atoms in total. The van der Waals surface area contributed by atoms with Crippen LogP contribution >= 0.6 is 11.6 Å². The Kier molecular flexibility index (Phi) is 4.55. The molecule has 98 valence electrons. The molecule has 0 radical (unpaired) electrons. The van der Waals surface area contributed by atoms with Gasteiger partial charge in [0.2, 0.25) is 0 Å². The van der Waals surface area contributed by atoms with Gasteiger partial charge in [0.05, 0.1) is 11.5 Å². The van der Waals surface area contributed by atoms with Gasteiger partial charge in [-0.1, -0.05) is 11.6 Å². The first-order valence-corrected chi connectivity index (χ1v) is 5.73. The van der Waals surface area contributed by atoms with Crippen molar-refractivity contribution in [2.45, 2.75) is 19.9 Å². The lowest BCUT2D eigenvalue weighted by Gasteiger charge is -2.18. The monoisotopic (exact) mass is 271 g/mol. The molecule has 18 heavy (non-hydrogen) atoms. The lowest BCUT2D eigenvalue weighted by molar-refractivity contribution is -0.141. The van der Waals surface area contributed by atoms with Crippen LogP contribution in [0.5, 0.6) is 5.75 Å². The summed E-state index contributed by atoms with van der Waals surface area (Å²) in [7, 11) is 0. The van der Waals surface area contributed by atoms with E-state index in [-0.39, 0.29) is 11.3 Å². The summed E-state index contributed by atoms with van der Waals surface area (Å²) in [6.45, 7) is 3.07. The molecule has 2 atom stereocenters. The SMILES string of the molecule is CC(NC(=O)c1cc(Cl)ccc1O)C(C)C(=O)O. The Bertz CT molecular complexity index is 475. The Labute approximate surface area is 109 Å². The molecule has 0 spiro atoms. The molecule has 0 heterocycles. The molecule has 0 saturated heterocycles. The highest BCUT2D eigenvalue weighted by Crippen LogP contribution is 2.21. The maximum atomic E-state index is 11.8. The lowest BCUT2D eigenvalue weighted by atomic mass is 10.0. The minimum Gasteiger partial charge on any atom is -0.507 e. The van der Waals surface area contributed by atoms with Crippen LogP contribution in [0.15, 0.2) is 18.2 Å². The molecular formula is C12H14ClNO4. The van der Waals surface area contributed by atoms with Crippen LogP contribution in [0.1, 0.15) is 24.2 Å². The average molecular weight is 272 g/mol. The second kappa shape index (κ2) is 5.73. The molecule has 6 heteroatoms. The number of nitrogens with one attached hydrogen (secondary N) is 1. The molecule has 0 aliphatic heterocycles. The second-order valence-electron chi connectivity index (χ2n) is 4.05. The third kappa shape index (κ3) is 3.37. The summed E-state index contributed by atoms with van der Waals surface area (Å²) in [5, 5.41) is 21.2. The lowest BCUT2D eigenvalue weighted by Crippen LogP contribution is -2.40. The molecule has 0 aliphatic carbocycles. The van der Waals surface area contributed by atoms with Gasteiger partial charge < -0.3 is 15.5 Å². The summed E-state index contributed by atoms with van der Waals surface area (Å²) in [5.41, 5.74) is 0.0203. The van der Waals surface area contributed by atoms with E-state index in [9.17, 15) is 14.7 Å². The van der Waals surface area contributed by atoms with Crippen LogP contribution in [0, 0.1) is 5.92 Å². The number of carbonyl (C=O) groups is 2. The fourth-order valence-corrected chi connectivity index (χ4v) is 1.49. The van der Waals surface area contributed by atoms with Gasteiger partial charge in [0.1, 0.15) is 5.75 Å². The number of hydrogen-bond donors (Lipinski definition) is 3. The molecule has 0 fully saturated rings. The molecule has 1 aromatic rings. The van der Waals surface area contributed by atoms with Crippen LogP contribution in [0.2, 0.25) is 5.02 Å². The molecule has 2 unspecified atom stereocenters. The van der Waals surface area contributed by atoms with Gasteiger partial charge in [-0.3, -0.25) is 9.59 Å². The number of phenols is 1. The van der Waals surface area contributed by atoms with Crippen LogP contribution < -0.4 is 5.32 Å². The first kappa shape index (κ1) is 14.3. The summed E-state index contributed by atoms with van der Waals surface area (Å²) in [6.07, 6.45) is 0. The number of phenolic OH excluding ortho intramolecular Hbond substituents is 1. The van der Waals surface area contributed by atoms with E-state index >= 15 is 0 Å². The van der Waals surface area contributed by atoms with E-state index < -0.39 is 23.8 Å². The quantitative estimate of drug-likeness (QED) is 0.780. The number of aromatic hydroxyl groups is 1. The van der Waals surface area contributed by atoms with Crippen molar-refractivity contribution in [1.29, 1.82) is 0 Å². The van der Waals surface area contributed by atoms with Gasteiger partial charge in [0, 0.05) is 11.1 Å². The Morgan fingerprint density at radius 2 is 1.94 bits per heavy atom. The van der Waals surface area contributed by atoms with E-state index in [1.54, 1.807) is 6.92 Å². The molecule has 0 saturated carbocycles. The van der Waals surface area contributed by atoms with Crippen LogP contribution in [-0.4, -0.2) is 28.1 Å². The van der Waals surface area contributed by atoms with Crippen molar-refractivity contribution in [3.63, 3.8) is 0 Å². The minimum absolute atomic E-state index is 0.0203. The Morgan fingerprint density at radius 1 is 1.33 bits per heavy atom. The summed E-state index contributed by atoms with van der Waals surface area (Å²) in [5.74, 6) is -2.49. The van der Waals surface area contributed by atoms with E-state index in [0.717, 1.165) is 0 Å². The summed E-state index contributed by atoms with van der Waals surface area (Å²) in [6, 6.07) is 3.53. The van der Waals surface area contributed by atoms with Crippen molar-refractivity contribution < 1.29 is 19.8 Å². The highest BCUT2D eigenvalue weighted by molar-refractivity contribution is 6.31. The van der Waals surface area contributed by atoms with Gasteiger partial charge >= 0.3 is 5.97 Å². The standard InChI is InChI=1S/C12H14ClNO4/c1-6(12(17)18)7(2)14-11(16)9-5-8(13)3-4-10(9)15/h3-7,15H,1-2H3,(H,14,16)(H,17,18). The molecule has 1 rings (SSSR count). The topological polar surface area (TPSA) is 86.6 Å². The zero-order chi connectivity index (χ0) is 13.9. The van der Waals surface area contributed by atoms with Crippen molar-refractivity contribution >= 4 is 23.5 Å². The Morgan fingerprint density at radius 3 is 2.50 bits per heavy atom. The third-order valence-corrected chi connectivity index (χ3v) is 2.94. The number of amides is 1. The van der Waals surface area contributed by atoms with E-state index in [1.165, 1.54) is 25.1 Å². The smallest absolute Gasteiger partial charge is 0.308 e. The molecule has 0 aromatic heterocycles. The van der Waals surface area contributed by atoms with Gasteiger partial charge in [0.25, 0.3) is 5.91 Å². The number of hydrogen-bond acceptors (Lipinski definition) is 3. The predicted octanol–water partition coefficient (Wildman–Crippen LogP) is 1.88. The fourth-order valence-electron chi connectivity index (χ4n) is 1.31. The summed E-state index contributed by atoms with van der Waals surface area (Å²) >= 11 is 5.73. The van der Waals surface area contributed by atoms with Crippen molar-refractivity contribution in [3.8, 4) is 5.75 Å². The van der Waals surface area contributed by atoms with E-state index in [1.807, 2.05) is 0 Å². The highest BCUT2D eigenvalue weighted by atomic mass is 35.5. The summed E-state index contributed by atoms with van der Waals surface area (Å²) in [4.78, 5) is 22.6. The predicted molar refractivity (Wildman–Crippen MR) is 66.8 cm³/mol. The van der Waals surface area contributed by atoms with Crippen molar-refractivity contribution in [2.24, 2.45) is 5.92 Å². The fraction of sp³-hybridized carbons (Fsp3) is 0.333. The number of aliphatic carboxylic acids is 1. The number of rotatable bonds is 4. The van der Waals surface area contributed by atoms with Gasteiger partial charge in [-0.05, 0) is 32.0 Å².